The molecule has 1 amide bonds. The molecule has 3 rings (SSSR count). The third kappa shape index (κ3) is 3.28. The van der Waals surface area contributed by atoms with Gasteiger partial charge in [-0.05, 0) is 61.1 Å². The van der Waals surface area contributed by atoms with E-state index in [0.717, 1.165) is 22.5 Å². The number of hydrogen-bond donors (Lipinski definition) is 1. The van der Waals surface area contributed by atoms with E-state index in [4.69, 9.17) is 0 Å². The van der Waals surface area contributed by atoms with Crippen molar-refractivity contribution in [2.24, 2.45) is 5.92 Å². The van der Waals surface area contributed by atoms with Gasteiger partial charge in [0.1, 0.15) is 0 Å². The van der Waals surface area contributed by atoms with Crippen LogP contribution in [-0.2, 0) is 6.42 Å². The normalized spacial score (nSPS) is 14.1. The molecular weight excluding hydrogens is 314 g/mol. The molecular formula is C17H16BrNO. The van der Waals surface area contributed by atoms with E-state index in [0.29, 0.717) is 5.56 Å². The summed E-state index contributed by atoms with van der Waals surface area (Å²) in [5.41, 5.74) is 2.85. The molecule has 3 heteroatoms. The first-order valence-corrected chi connectivity index (χ1v) is 7.66. The maximum atomic E-state index is 12.3. The quantitative estimate of drug-likeness (QED) is 0.868. The number of halogens is 1. The van der Waals surface area contributed by atoms with Crippen LogP contribution >= 0.6 is 15.9 Å². The summed E-state index contributed by atoms with van der Waals surface area (Å²) >= 11 is 3.38. The third-order valence-electron chi connectivity index (χ3n) is 3.58. The molecule has 0 heterocycles. The Balaban J connectivity index is 1.76. The molecule has 1 aliphatic rings. The molecule has 0 radical (unpaired) electrons. The van der Waals surface area contributed by atoms with E-state index in [-0.39, 0.29) is 5.91 Å². The fourth-order valence-electron chi connectivity index (χ4n) is 2.25. The number of carbonyl (C=O) groups is 1. The molecule has 0 aliphatic heterocycles. The van der Waals surface area contributed by atoms with Crippen LogP contribution in [-0.4, -0.2) is 5.91 Å². The smallest absolute Gasteiger partial charge is 0.255 e. The summed E-state index contributed by atoms with van der Waals surface area (Å²) in [7, 11) is 0. The topological polar surface area (TPSA) is 29.1 Å². The van der Waals surface area contributed by atoms with Gasteiger partial charge in [0, 0.05) is 15.7 Å². The molecule has 2 nitrogen and oxygen atoms in total. The van der Waals surface area contributed by atoms with Gasteiger partial charge in [0.25, 0.3) is 5.91 Å². The Labute approximate surface area is 127 Å². The second-order valence-electron chi connectivity index (χ2n) is 5.27. The molecule has 0 unspecified atom stereocenters. The summed E-state index contributed by atoms with van der Waals surface area (Å²) < 4.78 is 0.975. The van der Waals surface area contributed by atoms with Gasteiger partial charge >= 0.3 is 0 Å². The Morgan fingerprint density at radius 1 is 1.10 bits per heavy atom. The van der Waals surface area contributed by atoms with Crippen molar-refractivity contribution >= 4 is 27.5 Å². The van der Waals surface area contributed by atoms with Crippen LogP contribution in [0.25, 0.3) is 0 Å². The minimum atomic E-state index is -0.0549. The Kier molecular flexibility index (Phi) is 3.88. The zero-order valence-electron chi connectivity index (χ0n) is 11.1. The van der Waals surface area contributed by atoms with E-state index in [1.54, 1.807) is 0 Å². The summed E-state index contributed by atoms with van der Waals surface area (Å²) in [6.07, 6.45) is 3.70. The van der Waals surface area contributed by atoms with Crippen molar-refractivity contribution in [3.05, 3.63) is 64.1 Å². The summed E-state index contributed by atoms with van der Waals surface area (Å²) in [4.78, 5) is 12.3. The van der Waals surface area contributed by atoms with Crippen molar-refractivity contribution in [1.82, 2.24) is 0 Å². The van der Waals surface area contributed by atoms with E-state index in [2.05, 4.69) is 27.3 Å². The van der Waals surface area contributed by atoms with Gasteiger partial charge in [0.2, 0.25) is 0 Å². The number of nitrogens with one attached hydrogen (secondary N) is 1. The lowest BCUT2D eigenvalue weighted by atomic mass is 10.1. The third-order valence-corrected chi connectivity index (χ3v) is 4.11. The van der Waals surface area contributed by atoms with Crippen molar-refractivity contribution in [1.29, 1.82) is 0 Å². The largest absolute Gasteiger partial charge is 0.322 e. The van der Waals surface area contributed by atoms with E-state index in [1.165, 1.54) is 18.4 Å². The van der Waals surface area contributed by atoms with Crippen LogP contribution in [0.5, 0.6) is 0 Å². The van der Waals surface area contributed by atoms with Crippen LogP contribution < -0.4 is 5.32 Å². The molecule has 0 saturated heterocycles. The maximum absolute atomic E-state index is 12.3. The molecule has 2 aromatic carbocycles. The van der Waals surface area contributed by atoms with Crippen molar-refractivity contribution in [2.75, 3.05) is 5.32 Å². The highest BCUT2D eigenvalue weighted by atomic mass is 79.9. The van der Waals surface area contributed by atoms with Crippen LogP contribution in [0.2, 0.25) is 0 Å². The van der Waals surface area contributed by atoms with Crippen LogP contribution in [0.15, 0.2) is 53.0 Å². The fraction of sp³-hybridized carbons (Fsp3) is 0.235. The molecule has 102 valence electrons. The van der Waals surface area contributed by atoms with Gasteiger partial charge in [0.05, 0.1) is 0 Å². The molecule has 20 heavy (non-hydrogen) atoms. The summed E-state index contributed by atoms with van der Waals surface area (Å²) in [6, 6.07) is 15.5. The number of amides is 1. The average molecular weight is 330 g/mol. The van der Waals surface area contributed by atoms with Crippen LogP contribution in [0, 0.1) is 5.92 Å². The average Bonchev–Trinajstić information content (AvgIpc) is 3.26. The van der Waals surface area contributed by atoms with Crippen LogP contribution in [0.1, 0.15) is 28.8 Å². The monoisotopic (exact) mass is 329 g/mol. The maximum Gasteiger partial charge on any atom is 0.255 e. The lowest BCUT2D eigenvalue weighted by Gasteiger charge is -2.10. The zero-order chi connectivity index (χ0) is 13.9. The Bertz CT molecular complexity index is 617. The lowest BCUT2D eigenvalue weighted by Crippen LogP contribution is -2.13. The number of anilines is 1. The van der Waals surface area contributed by atoms with E-state index in [1.807, 2.05) is 42.5 Å². The van der Waals surface area contributed by atoms with Gasteiger partial charge < -0.3 is 5.32 Å². The molecule has 0 atom stereocenters. The molecule has 1 N–H and O–H groups in total. The first kappa shape index (κ1) is 13.4. The Hall–Kier alpha value is -1.61. The lowest BCUT2D eigenvalue weighted by molar-refractivity contribution is 0.102. The van der Waals surface area contributed by atoms with Crippen LogP contribution in [0.3, 0.4) is 0 Å². The van der Waals surface area contributed by atoms with Gasteiger partial charge in [-0.25, -0.2) is 0 Å². The minimum absolute atomic E-state index is 0.0549. The van der Waals surface area contributed by atoms with Gasteiger partial charge in [-0.2, -0.15) is 0 Å². The Morgan fingerprint density at radius 2 is 1.80 bits per heavy atom. The number of para-hydroxylation sites is 1. The number of carbonyl (C=O) groups excluding carboxylic acids is 1. The summed E-state index contributed by atoms with van der Waals surface area (Å²) in [6.45, 7) is 0. The van der Waals surface area contributed by atoms with E-state index in [9.17, 15) is 4.79 Å². The van der Waals surface area contributed by atoms with Gasteiger partial charge in [-0.1, -0.05) is 34.1 Å². The SMILES string of the molecule is O=C(Nc1ccccc1CC1CC1)c1ccc(Br)cc1. The van der Waals surface area contributed by atoms with Crippen molar-refractivity contribution in [3.8, 4) is 0 Å². The predicted octanol–water partition coefficient (Wildman–Crippen LogP) is 4.65. The van der Waals surface area contributed by atoms with Gasteiger partial charge in [-0.15, -0.1) is 0 Å². The number of benzene rings is 2. The molecule has 1 fully saturated rings. The molecule has 2 aromatic rings. The molecule has 1 aliphatic carbocycles. The van der Waals surface area contributed by atoms with Crippen molar-refractivity contribution in [3.63, 3.8) is 0 Å². The second-order valence-corrected chi connectivity index (χ2v) is 6.18. The number of rotatable bonds is 4. The van der Waals surface area contributed by atoms with E-state index < -0.39 is 0 Å². The molecule has 0 bridgehead atoms. The van der Waals surface area contributed by atoms with Gasteiger partial charge in [-0.3, -0.25) is 4.79 Å². The fourth-order valence-corrected chi connectivity index (χ4v) is 2.51. The predicted molar refractivity (Wildman–Crippen MR) is 85.0 cm³/mol. The highest BCUT2D eigenvalue weighted by Crippen LogP contribution is 2.34. The highest BCUT2D eigenvalue weighted by molar-refractivity contribution is 9.10. The number of hydrogen-bond acceptors (Lipinski definition) is 1. The molecule has 0 aromatic heterocycles. The Morgan fingerprint density at radius 3 is 2.50 bits per heavy atom. The first-order chi connectivity index (χ1) is 9.72. The second kappa shape index (κ2) is 5.80. The first-order valence-electron chi connectivity index (χ1n) is 6.87. The standard InChI is InChI=1S/C17H16BrNO/c18-15-9-7-13(8-10-15)17(20)19-16-4-2-1-3-14(16)11-12-5-6-12/h1-4,7-10,12H,5-6,11H2,(H,19,20). The highest BCUT2D eigenvalue weighted by Gasteiger charge is 2.22. The summed E-state index contributed by atoms with van der Waals surface area (Å²) in [5.74, 6) is 0.751. The van der Waals surface area contributed by atoms with Gasteiger partial charge in [0.15, 0.2) is 0 Å². The molecule has 0 spiro atoms. The minimum Gasteiger partial charge on any atom is -0.322 e. The van der Waals surface area contributed by atoms with Crippen LogP contribution in [0.4, 0.5) is 5.69 Å². The van der Waals surface area contributed by atoms with Crippen molar-refractivity contribution < 1.29 is 4.79 Å². The van der Waals surface area contributed by atoms with E-state index >= 15 is 0 Å². The zero-order valence-corrected chi connectivity index (χ0v) is 12.7. The van der Waals surface area contributed by atoms with Crippen molar-refractivity contribution in [2.45, 2.75) is 19.3 Å². The summed E-state index contributed by atoms with van der Waals surface area (Å²) in [5, 5.41) is 3.03. The molecule has 1 saturated carbocycles.